The number of aromatic hydroxyl groups is 1. The van der Waals surface area contributed by atoms with Gasteiger partial charge in [-0.3, -0.25) is 10.1 Å². The first-order valence-corrected chi connectivity index (χ1v) is 5.49. The zero-order valence-corrected chi connectivity index (χ0v) is 9.50. The molecule has 0 aliphatic heterocycles. The van der Waals surface area contributed by atoms with Crippen LogP contribution in [0.4, 0.5) is 5.69 Å². The van der Waals surface area contributed by atoms with Crippen molar-refractivity contribution in [2.24, 2.45) is 11.5 Å². The van der Waals surface area contributed by atoms with E-state index >= 15 is 0 Å². The lowest BCUT2D eigenvalue weighted by Crippen LogP contribution is -2.11. The van der Waals surface area contributed by atoms with E-state index in [9.17, 15) is 15.2 Å². The zero-order chi connectivity index (χ0) is 12.8. The smallest absolute Gasteiger partial charge is 0.311 e. The number of nitro groups is 1. The Kier molecular flexibility index (Phi) is 4.86. The number of benzene rings is 1. The van der Waals surface area contributed by atoms with Crippen LogP contribution in [0.2, 0.25) is 0 Å². The molecule has 94 valence electrons. The fraction of sp³-hybridized carbons (Fsp3) is 0.455. The molecule has 17 heavy (non-hydrogen) atoms. The van der Waals surface area contributed by atoms with Crippen molar-refractivity contribution in [1.82, 2.24) is 0 Å². The van der Waals surface area contributed by atoms with Gasteiger partial charge in [-0.2, -0.15) is 0 Å². The second-order valence-electron chi connectivity index (χ2n) is 3.90. The van der Waals surface area contributed by atoms with Crippen molar-refractivity contribution in [2.75, 3.05) is 6.54 Å². The molecule has 0 spiro atoms. The minimum Gasteiger partial charge on any atom is -0.502 e. The number of nitro benzene ring substituents is 1. The Bertz CT molecular complexity index is 396. The number of unbranched alkanes of at least 4 members (excludes halogenated alkanes) is 1. The van der Waals surface area contributed by atoms with Crippen molar-refractivity contribution in [3.05, 3.63) is 33.9 Å². The summed E-state index contributed by atoms with van der Waals surface area (Å²) in [4.78, 5) is 10.0. The van der Waals surface area contributed by atoms with E-state index in [1.807, 2.05) is 0 Å². The Morgan fingerprint density at radius 2 is 2.12 bits per heavy atom. The van der Waals surface area contributed by atoms with E-state index in [1.54, 1.807) is 6.07 Å². The predicted molar refractivity (Wildman–Crippen MR) is 64.6 cm³/mol. The summed E-state index contributed by atoms with van der Waals surface area (Å²) in [6.45, 7) is 0.614. The summed E-state index contributed by atoms with van der Waals surface area (Å²) in [5.41, 5.74) is 11.6. The second kappa shape index (κ2) is 6.17. The van der Waals surface area contributed by atoms with Crippen molar-refractivity contribution >= 4 is 5.69 Å². The van der Waals surface area contributed by atoms with Gasteiger partial charge in [0.25, 0.3) is 0 Å². The molecule has 0 aliphatic rings. The highest BCUT2D eigenvalue weighted by Gasteiger charge is 2.16. The first-order valence-electron chi connectivity index (χ1n) is 5.49. The van der Waals surface area contributed by atoms with Crippen molar-refractivity contribution in [3.63, 3.8) is 0 Å². The molecular weight excluding hydrogens is 222 g/mol. The lowest BCUT2D eigenvalue weighted by molar-refractivity contribution is -0.385. The average Bonchev–Trinajstić information content (AvgIpc) is 2.29. The number of phenols is 1. The van der Waals surface area contributed by atoms with Gasteiger partial charge in [0.05, 0.1) is 4.92 Å². The standard InChI is InChI=1S/C11H17N3O3/c12-6-2-1-3-9(13)8-4-5-11(15)10(7-8)14(16)17/h4-5,7,9,15H,1-3,6,12-13H2/t9-/m1/s1. The van der Waals surface area contributed by atoms with Crippen molar-refractivity contribution in [1.29, 1.82) is 0 Å². The van der Waals surface area contributed by atoms with E-state index in [4.69, 9.17) is 11.5 Å². The number of hydrogen-bond acceptors (Lipinski definition) is 5. The zero-order valence-electron chi connectivity index (χ0n) is 9.50. The van der Waals surface area contributed by atoms with Gasteiger partial charge in [0.1, 0.15) is 0 Å². The average molecular weight is 239 g/mol. The lowest BCUT2D eigenvalue weighted by Gasteiger charge is -2.11. The normalized spacial score (nSPS) is 12.4. The van der Waals surface area contributed by atoms with Crippen LogP contribution in [-0.4, -0.2) is 16.6 Å². The molecule has 0 fully saturated rings. The SMILES string of the molecule is NCCCC[C@@H](N)c1ccc(O)c([N+](=O)[O-])c1. The first kappa shape index (κ1) is 13.4. The van der Waals surface area contributed by atoms with Crippen LogP contribution >= 0.6 is 0 Å². The molecule has 5 N–H and O–H groups in total. The molecule has 1 rings (SSSR count). The third-order valence-corrected chi connectivity index (χ3v) is 2.59. The molecule has 6 heteroatoms. The molecule has 6 nitrogen and oxygen atoms in total. The second-order valence-corrected chi connectivity index (χ2v) is 3.90. The highest BCUT2D eigenvalue weighted by atomic mass is 16.6. The van der Waals surface area contributed by atoms with Crippen LogP contribution < -0.4 is 11.5 Å². The Hall–Kier alpha value is -1.66. The summed E-state index contributed by atoms with van der Waals surface area (Å²) in [7, 11) is 0. The molecule has 1 aromatic rings. The number of phenolic OH excluding ortho intramolecular Hbond substituents is 1. The predicted octanol–water partition coefficient (Wildman–Crippen LogP) is 1.43. The Morgan fingerprint density at radius 3 is 2.71 bits per heavy atom. The third-order valence-electron chi connectivity index (χ3n) is 2.59. The van der Waals surface area contributed by atoms with Gasteiger partial charge in [0.15, 0.2) is 5.75 Å². The van der Waals surface area contributed by atoms with Crippen LogP contribution in [0.3, 0.4) is 0 Å². The van der Waals surface area contributed by atoms with Gasteiger partial charge in [-0.15, -0.1) is 0 Å². The number of rotatable bonds is 6. The topological polar surface area (TPSA) is 115 Å². The minimum atomic E-state index is -0.620. The van der Waals surface area contributed by atoms with E-state index in [-0.39, 0.29) is 17.5 Å². The van der Waals surface area contributed by atoms with Crippen LogP contribution in [0.1, 0.15) is 30.9 Å². The van der Waals surface area contributed by atoms with E-state index in [0.717, 1.165) is 19.3 Å². The monoisotopic (exact) mass is 239 g/mol. The maximum Gasteiger partial charge on any atom is 0.311 e. The van der Waals surface area contributed by atoms with Crippen LogP contribution in [0.25, 0.3) is 0 Å². The molecule has 1 aromatic carbocycles. The van der Waals surface area contributed by atoms with Gasteiger partial charge in [-0.25, -0.2) is 0 Å². The Balaban J connectivity index is 2.77. The summed E-state index contributed by atoms with van der Waals surface area (Å²) in [6, 6.07) is 3.97. The molecular formula is C11H17N3O3. The van der Waals surface area contributed by atoms with E-state index in [1.165, 1.54) is 12.1 Å². The molecule has 0 amide bonds. The van der Waals surface area contributed by atoms with Crippen molar-refractivity contribution < 1.29 is 10.0 Å². The number of nitrogens with two attached hydrogens (primary N) is 2. The summed E-state index contributed by atoms with van der Waals surface area (Å²) in [5, 5.41) is 19.9. The van der Waals surface area contributed by atoms with Crippen LogP contribution in [0.15, 0.2) is 18.2 Å². The fourth-order valence-corrected chi connectivity index (χ4v) is 1.59. The van der Waals surface area contributed by atoms with Gasteiger partial charge in [0, 0.05) is 12.1 Å². The highest BCUT2D eigenvalue weighted by Crippen LogP contribution is 2.29. The minimum absolute atomic E-state index is 0.263. The fourth-order valence-electron chi connectivity index (χ4n) is 1.59. The van der Waals surface area contributed by atoms with Gasteiger partial charge in [-0.1, -0.05) is 12.5 Å². The summed E-state index contributed by atoms with van der Waals surface area (Å²) < 4.78 is 0. The van der Waals surface area contributed by atoms with E-state index < -0.39 is 4.92 Å². The van der Waals surface area contributed by atoms with Crippen LogP contribution in [0.5, 0.6) is 5.75 Å². The van der Waals surface area contributed by atoms with Gasteiger partial charge >= 0.3 is 5.69 Å². The molecule has 0 heterocycles. The van der Waals surface area contributed by atoms with Crippen LogP contribution in [0, 0.1) is 10.1 Å². The molecule has 0 aliphatic carbocycles. The summed E-state index contributed by atoms with van der Waals surface area (Å²) >= 11 is 0. The molecule has 0 radical (unpaired) electrons. The van der Waals surface area contributed by atoms with Crippen LogP contribution in [-0.2, 0) is 0 Å². The Morgan fingerprint density at radius 1 is 1.41 bits per heavy atom. The van der Waals surface area contributed by atoms with Gasteiger partial charge in [0.2, 0.25) is 0 Å². The lowest BCUT2D eigenvalue weighted by atomic mass is 10.0. The molecule has 0 saturated heterocycles. The maximum absolute atomic E-state index is 10.6. The first-order chi connectivity index (χ1) is 8.06. The van der Waals surface area contributed by atoms with E-state index in [0.29, 0.717) is 12.1 Å². The summed E-state index contributed by atoms with van der Waals surface area (Å²) in [5.74, 6) is -0.340. The van der Waals surface area contributed by atoms with Crippen molar-refractivity contribution in [3.8, 4) is 5.75 Å². The summed E-state index contributed by atoms with van der Waals surface area (Å²) in [6.07, 6.45) is 2.49. The number of hydrogen-bond donors (Lipinski definition) is 3. The molecule has 0 aromatic heterocycles. The molecule has 0 saturated carbocycles. The quantitative estimate of drug-likeness (QED) is 0.394. The maximum atomic E-state index is 10.6. The molecule has 0 unspecified atom stereocenters. The number of nitrogens with zero attached hydrogens (tertiary/aromatic N) is 1. The highest BCUT2D eigenvalue weighted by molar-refractivity contribution is 5.48. The van der Waals surface area contributed by atoms with E-state index in [2.05, 4.69) is 0 Å². The molecule has 1 atom stereocenters. The van der Waals surface area contributed by atoms with Gasteiger partial charge in [-0.05, 0) is 31.0 Å². The third kappa shape index (κ3) is 3.69. The Labute approximate surface area is 99.4 Å². The molecule has 0 bridgehead atoms. The van der Waals surface area contributed by atoms with Gasteiger partial charge < -0.3 is 16.6 Å². The van der Waals surface area contributed by atoms with Crippen molar-refractivity contribution in [2.45, 2.75) is 25.3 Å². The largest absolute Gasteiger partial charge is 0.502 e.